The molecular formula is C22H31NS2. The van der Waals surface area contributed by atoms with Gasteiger partial charge in [0.25, 0.3) is 0 Å². The van der Waals surface area contributed by atoms with E-state index in [-0.39, 0.29) is 0 Å². The summed E-state index contributed by atoms with van der Waals surface area (Å²) >= 11 is 3.73. The fraction of sp³-hybridized carbons (Fsp3) is 0.455. The van der Waals surface area contributed by atoms with Crippen LogP contribution in [-0.2, 0) is 0 Å². The molecule has 136 valence electrons. The SMILES string of the molecule is CCCCCCCSc1ccc(-c2cc(C)ccc2N(C)SC)cc1. The lowest BCUT2D eigenvalue weighted by Crippen LogP contribution is -2.06. The summed E-state index contributed by atoms with van der Waals surface area (Å²) in [5.41, 5.74) is 5.19. The van der Waals surface area contributed by atoms with Gasteiger partial charge in [0.15, 0.2) is 0 Å². The lowest BCUT2D eigenvalue weighted by molar-refractivity contribution is 0.659. The molecule has 2 aromatic rings. The Morgan fingerprint density at radius 3 is 2.32 bits per heavy atom. The second kappa shape index (κ2) is 10.8. The van der Waals surface area contributed by atoms with Gasteiger partial charge in [-0.05, 0) is 48.9 Å². The molecule has 0 saturated heterocycles. The van der Waals surface area contributed by atoms with E-state index in [1.807, 2.05) is 11.8 Å². The molecular weight excluding hydrogens is 342 g/mol. The number of unbranched alkanes of at least 4 members (excludes halogenated alkanes) is 4. The summed E-state index contributed by atoms with van der Waals surface area (Å²) in [5.74, 6) is 1.23. The molecule has 0 radical (unpaired) electrons. The predicted octanol–water partition coefficient (Wildman–Crippen LogP) is 7.44. The number of benzene rings is 2. The fourth-order valence-electron chi connectivity index (χ4n) is 2.88. The molecule has 0 saturated carbocycles. The van der Waals surface area contributed by atoms with E-state index >= 15 is 0 Å². The van der Waals surface area contributed by atoms with E-state index in [0.717, 1.165) is 0 Å². The van der Waals surface area contributed by atoms with Gasteiger partial charge in [-0.3, -0.25) is 0 Å². The summed E-state index contributed by atoms with van der Waals surface area (Å²) in [6.45, 7) is 4.43. The zero-order chi connectivity index (χ0) is 18.1. The Morgan fingerprint density at radius 2 is 1.64 bits per heavy atom. The van der Waals surface area contributed by atoms with Gasteiger partial charge in [0.1, 0.15) is 0 Å². The van der Waals surface area contributed by atoms with Gasteiger partial charge >= 0.3 is 0 Å². The first kappa shape index (κ1) is 20.3. The number of aryl methyl sites for hydroxylation is 1. The van der Waals surface area contributed by atoms with Crippen LogP contribution in [0.4, 0.5) is 5.69 Å². The van der Waals surface area contributed by atoms with Gasteiger partial charge in [0.2, 0.25) is 0 Å². The number of thioether (sulfide) groups is 1. The molecule has 0 aromatic heterocycles. The third kappa shape index (κ3) is 6.31. The smallest absolute Gasteiger partial charge is 0.0545 e. The van der Waals surface area contributed by atoms with E-state index in [2.05, 4.69) is 73.9 Å². The van der Waals surface area contributed by atoms with Crippen molar-refractivity contribution in [3.05, 3.63) is 48.0 Å². The summed E-state index contributed by atoms with van der Waals surface area (Å²) in [7, 11) is 2.13. The van der Waals surface area contributed by atoms with E-state index in [0.29, 0.717) is 0 Å². The van der Waals surface area contributed by atoms with Gasteiger partial charge in [-0.1, -0.05) is 68.3 Å². The first-order valence-corrected chi connectivity index (χ1v) is 11.4. The highest BCUT2D eigenvalue weighted by atomic mass is 32.2. The second-order valence-corrected chi connectivity index (χ2v) is 8.57. The van der Waals surface area contributed by atoms with Gasteiger partial charge in [-0.15, -0.1) is 11.8 Å². The van der Waals surface area contributed by atoms with E-state index in [1.54, 1.807) is 11.9 Å². The fourth-order valence-corrected chi connectivity index (χ4v) is 4.15. The number of anilines is 1. The van der Waals surface area contributed by atoms with Gasteiger partial charge in [-0.25, -0.2) is 0 Å². The average Bonchev–Trinajstić information content (AvgIpc) is 2.64. The Bertz CT molecular complexity index is 637. The largest absolute Gasteiger partial charge is 0.319 e. The number of rotatable bonds is 10. The topological polar surface area (TPSA) is 3.24 Å². The molecule has 0 fully saturated rings. The Morgan fingerprint density at radius 1 is 0.920 bits per heavy atom. The van der Waals surface area contributed by atoms with Crippen molar-refractivity contribution in [1.29, 1.82) is 0 Å². The van der Waals surface area contributed by atoms with Gasteiger partial charge < -0.3 is 4.31 Å². The van der Waals surface area contributed by atoms with Crippen molar-refractivity contribution in [2.24, 2.45) is 0 Å². The van der Waals surface area contributed by atoms with Crippen molar-refractivity contribution in [2.75, 3.05) is 23.4 Å². The van der Waals surface area contributed by atoms with Crippen LogP contribution in [0.25, 0.3) is 11.1 Å². The Balaban J connectivity index is 2.01. The molecule has 0 heterocycles. The molecule has 0 aliphatic carbocycles. The summed E-state index contributed by atoms with van der Waals surface area (Å²) < 4.78 is 2.23. The van der Waals surface area contributed by atoms with Crippen LogP contribution in [0, 0.1) is 6.92 Å². The van der Waals surface area contributed by atoms with E-state index in [1.165, 1.54) is 65.1 Å². The van der Waals surface area contributed by atoms with Crippen LogP contribution < -0.4 is 4.31 Å². The summed E-state index contributed by atoms with van der Waals surface area (Å²) in [5, 5.41) is 0. The summed E-state index contributed by atoms with van der Waals surface area (Å²) in [4.78, 5) is 1.38. The summed E-state index contributed by atoms with van der Waals surface area (Å²) in [6.07, 6.45) is 8.89. The molecule has 0 N–H and O–H groups in total. The van der Waals surface area contributed by atoms with Crippen LogP contribution in [-0.4, -0.2) is 19.1 Å². The Hall–Kier alpha value is -1.06. The molecule has 0 bridgehead atoms. The minimum atomic E-state index is 1.23. The van der Waals surface area contributed by atoms with Crippen molar-refractivity contribution in [3.8, 4) is 11.1 Å². The lowest BCUT2D eigenvalue weighted by atomic mass is 10.0. The van der Waals surface area contributed by atoms with Crippen LogP contribution in [0.15, 0.2) is 47.4 Å². The highest BCUT2D eigenvalue weighted by Crippen LogP contribution is 2.34. The number of hydrogen-bond donors (Lipinski definition) is 0. The predicted molar refractivity (Wildman–Crippen MR) is 118 cm³/mol. The van der Waals surface area contributed by atoms with Crippen LogP contribution in [0.2, 0.25) is 0 Å². The van der Waals surface area contributed by atoms with E-state index < -0.39 is 0 Å². The monoisotopic (exact) mass is 373 g/mol. The number of hydrogen-bond acceptors (Lipinski definition) is 3. The number of nitrogens with zero attached hydrogens (tertiary/aromatic N) is 1. The molecule has 3 heteroatoms. The molecule has 25 heavy (non-hydrogen) atoms. The van der Waals surface area contributed by atoms with Crippen LogP contribution >= 0.6 is 23.7 Å². The maximum Gasteiger partial charge on any atom is 0.0545 e. The first-order chi connectivity index (χ1) is 12.2. The second-order valence-electron chi connectivity index (χ2n) is 6.49. The minimum absolute atomic E-state index is 1.23. The molecule has 0 aliphatic heterocycles. The van der Waals surface area contributed by atoms with Crippen molar-refractivity contribution in [1.82, 2.24) is 0 Å². The molecule has 0 amide bonds. The maximum absolute atomic E-state index is 2.29. The van der Waals surface area contributed by atoms with Gasteiger partial charge in [-0.2, -0.15) is 0 Å². The molecule has 0 unspecified atom stereocenters. The standard InChI is InChI=1S/C22H31NS2/c1-5-6-7-8-9-16-25-20-13-11-19(12-14-20)21-17-18(2)10-15-22(21)23(3)24-4/h10-15,17H,5-9,16H2,1-4H3. The van der Waals surface area contributed by atoms with E-state index in [9.17, 15) is 0 Å². The van der Waals surface area contributed by atoms with Crippen molar-refractivity contribution in [2.45, 2.75) is 50.8 Å². The quantitative estimate of drug-likeness (QED) is 0.242. The minimum Gasteiger partial charge on any atom is -0.319 e. The van der Waals surface area contributed by atoms with Crippen molar-refractivity contribution in [3.63, 3.8) is 0 Å². The molecule has 0 aliphatic rings. The summed E-state index contributed by atoms with van der Waals surface area (Å²) in [6, 6.07) is 15.8. The first-order valence-electron chi connectivity index (χ1n) is 9.27. The van der Waals surface area contributed by atoms with Crippen LogP contribution in [0.1, 0.15) is 44.6 Å². The maximum atomic E-state index is 2.29. The van der Waals surface area contributed by atoms with Crippen molar-refractivity contribution < 1.29 is 0 Å². The zero-order valence-electron chi connectivity index (χ0n) is 16.0. The van der Waals surface area contributed by atoms with E-state index in [4.69, 9.17) is 0 Å². The highest BCUT2D eigenvalue weighted by molar-refractivity contribution is 8.00. The van der Waals surface area contributed by atoms with Crippen LogP contribution in [0.3, 0.4) is 0 Å². The molecule has 2 rings (SSSR count). The van der Waals surface area contributed by atoms with Crippen LogP contribution in [0.5, 0.6) is 0 Å². The van der Waals surface area contributed by atoms with Gasteiger partial charge in [0.05, 0.1) is 5.69 Å². The Kier molecular flexibility index (Phi) is 8.77. The average molecular weight is 374 g/mol. The lowest BCUT2D eigenvalue weighted by Gasteiger charge is -2.20. The molecule has 0 spiro atoms. The molecule has 1 nitrogen and oxygen atoms in total. The third-order valence-corrected chi connectivity index (χ3v) is 6.29. The molecule has 2 aromatic carbocycles. The highest BCUT2D eigenvalue weighted by Gasteiger charge is 2.09. The zero-order valence-corrected chi connectivity index (χ0v) is 17.7. The third-order valence-electron chi connectivity index (χ3n) is 4.45. The molecule has 0 atom stereocenters. The Labute approximate surface area is 162 Å². The normalized spacial score (nSPS) is 10.9. The van der Waals surface area contributed by atoms with Crippen molar-refractivity contribution >= 4 is 29.4 Å². The van der Waals surface area contributed by atoms with Gasteiger partial charge in [0, 0.05) is 23.8 Å².